The van der Waals surface area contributed by atoms with Gasteiger partial charge in [-0.25, -0.2) is 0 Å². The highest BCUT2D eigenvalue weighted by molar-refractivity contribution is 9.10. The second kappa shape index (κ2) is 5.99. The van der Waals surface area contributed by atoms with Crippen molar-refractivity contribution in [3.8, 4) is 16.9 Å². The topological polar surface area (TPSA) is 52.4 Å². The number of ether oxygens (including phenoxy) is 1. The average molecular weight is 377 g/mol. The molecule has 0 saturated carbocycles. The third-order valence-corrected chi connectivity index (χ3v) is 3.99. The van der Waals surface area contributed by atoms with Crippen molar-refractivity contribution in [3.05, 3.63) is 55.0 Å². The van der Waals surface area contributed by atoms with E-state index in [0.29, 0.717) is 16.9 Å². The number of halogens is 3. The van der Waals surface area contributed by atoms with Crippen molar-refractivity contribution in [3.63, 3.8) is 0 Å². The first kappa shape index (κ1) is 15.1. The SMILES string of the molecule is COc1ccc(Br)cc1-c1ccc(Cl)c(Cl)c1[N+](=O)[O-]. The van der Waals surface area contributed by atoms with Gasteiger partial charge in [0.25, 0.3) is 5.69 Å². The van der Waals surface area contributed by atoms with E-state index >= 15 is 0 Å². The molecule has 0 radical (unpaired) electrons. The number of nitro groups is 1. The van der Waals surface area contributed by atoms with Crippen LogP contribution in [-0.2, 0) is 0 Å². The van der Waals surface area contributed by atoms with Crippen LogP contribution in [0.4, 0.5) is 5.69 Å². The summed E-state index contributed by atoms with van der Waals surface area (Å²) in [7, 11) is 1.50. The first-order valence-electron chi connectivity index (χ1n) is 5.42. The Labute approximate surface area is 133 Å². The van der Waals surface area contributed by atoms with Crippen molar-refractivity contribution >= 4 is 44.8 Å². The number of hydrogen-bond donors (Lipinski definition) is 0. The van der Waals surface area contributed by atoms with Gasteiger partial charge in [-0.15, -0.1) is 0 Å². The molecule has 0 fully saturated rings. The Morgan fingerprint density at radius 2 is 1.90 bits per heavy atom. The average Bonchev–Trinajstić information content (AvgIpc) is 2.41. The molecule has 0 spiro atoms. The lowest BCUT2D eigenvalue weighted by molar-refractivity contribution is -0.384. The zero-order valence-electron chi connectivity index (χ0n) is 10.2. The lowest BCUT2D eigenvalue weighted by atomic mass is 10.0. The molecular formula is C13H8BrCl2NO3. The van der Waals surface area contributed by atoms with Gasteiger partial charge in [-0.05, 0) is 30.3 Å². The van der Waals surface area contributed by atoms with Crippen LogP contribution in [0.5, 0.6) is 5.75 Å². The van der Waals surface area contributed by atoms with E-state index in [-0.39, 0.29) is 15.7 Å². The van der Waals surface area contributed by atoms with Crippen LogP contribution in [0.3, 0.4) is 0 Å². The molecule has 2 rings (SSSR count). The lowest BCUT2D eigenvalue weighted by Gasteiger charge is -2.11. The molecule has 104 valence electrons. The fraction of sp³-hybridized carbons (Fsp3) is 0.0769. The van der Waals surface area contributed by atoms with E-state index in [1.807, 2.05) is 0 Å². The van der Waals surface area contributed by atoms with E-state index < -0.39 is 4.92 Å². The maximum Gasteiger partial charge on any atom is 0.297 e. The zero-order chi connectivity index (χ0) is 14.9. The summed E-state index contributed by atoms with van der Waals surface area (Å²) >= 11 is 15.1. The van der Waals surface area contributed by atoms with Gasteiger partial charge in [0.05, 0.1) is 22.6 Å². The summed E-state index contributed by atoms with van der Waals surface area (Å²) in [6.07, 6.45) is 0. The number of benzene rings is 2. The minimum atomic E-state index is -0.552. The van der Waals surface area contributed by atoms with Gasteiger partial charge in [0, 0.05) is 10.0 Å². The normalized spacial score (nSPS) is 10.4. The van der Waals surface area contributed by atoms with Crippen molar-refractivity contribution in [2.45, 2.75) is 0 Å². The van der Waals surface area contributed by atoms with Gasteiger partial charge in [-0.3, -0.25) is 10.1 Å². The second-order valence-electron chi connectivity index (χ2n) is 3.86. The Morgan fingerprint density at radius 1 is 1.20 bits per heavy atom. The molecule has 0 N–H and O–H groups in total. The van der Waals surface area contributed by atoms with E-state index in [2.05, 4.69) is 15.9 Å². The van der Waals surface area contributed by atoms with Gasteiger partial charge in [-0.1, -0.05) is 39.1 Å². The molecule has 2 aromatic rings. The monoisotopic (exact) mass is 375 g/mol. The molecule has 0 aliphatic carbocycles. The van der Waals surface area contributed by atoms with Crippen LogP contribution >= 0.6 is 39.1 Å². The molecule has 0 aromatic heterocycles. The lowest BCUT2D eigenvalue weighted by Crippen LogP contribution is -1.96. The number of nitro benzene ring substituents is 1. The summed E-state index contributed by atoms with van der Waals surface area (Å²) < 4.78 is 6.01. The number of nitrogens with zero attached hydrogens (tertiary/aromatic N) is 1. The summed E-state index contributed by atoms with van der Waals surface area (Å²) in [4.78, 5) is 10.7. The molecular weight excluding hydrogens is 369 g/mol. The molecule has 2 aromatic carbocycles. The Hall–Kier alpha value is -1.30. The first-order chi connectivity index (χ1) is 9.45. The fourth-order valence-electron chi connectivity index (χ4n) is 1.83. The van der Waals surface area contributed by atoms with Gasteiger partial charge < -0.3 is 4.74 Å². The Bertz CT molecular complexity index is 692. The molecule has 20 heavy (non-hydrogen) atoms. The minimum Gasteiger partial charge on any atom is -0.496 e. The molecule has 7 heteroatoms. The highest BCUT2D eigenvalue weighted by atomic mass is 79.9. The maximum absolute atomic E-state index is 11.3. The summed E-state index contributed by atoms with van der Waals surface area (Å²) in [6.45, 7) is 0. The van der Waals surface area contributed by atoms with Crippen LogP contribution in [0.1, 0.15) is 0 Å². The summed E-state index contributed by atoms with van der Waals surface area (Å²) in [5, 5.41) is 11.3. The maximum atomic E-state index is 11.3. The molecule has 4 nitrogen and oxygen atoms in total. The van der Waals surface area contributed by atoms with Crippen LogP contribution < -0.4 is 4.74 Å². The minimum absolute atomic E-state index is 0.0869. The summed E-state index contributed by atoms with van der Waals surface area (Å²) in [5.41, 5.74) is 0.672. The quantitative estimate of drug-likeness (QED) is 0.536. The van der Waals surface area contributed by atoms with E-state index in [1.165, 1.54) is 13.2 Å². The molecule has 0 bridgehead atoms. The smallest absolute Gasteiger partial charge is 0.297 e. The number of hydrogen-bond acceptors (Lipinski definition) is 3. The Morgan fingerprint density at radius 3 is 2.50 bits per heavy atom. The van der Waals surface area contributed by atoms with Crippen LogP contribution in [0, 0.1) is 10.1 Å². The highest BCUT2D eigenvalue weighted by Crippen LogP contribution is 2.43. The third-order valence-electron chi connectivity index (χ3n) is 2.70. The molecule has 0 saturated heterocycles. The van der Waals surface area contributed by atoms with Gasteiger partial charge in [0.2, 0.25) is 0 Å². The zero-order valence-corrected chi connectivity index (χ0v) is 13.3. The Kier molecular flexibility index (Phi) is 4.52. The molecule has 0 aliphatic rings. The van der Waals surface area contributed by atoms with Crippen molar-refractivity contribution in [1.82, 2.24) is 0 Å². The molecule has 0 heterocycles. The molecule has 0 unspecified atom stereocenters. The first-order valence-corrected chi connectivity index (χ1v) is 6.97. The van der Waals surface area contributed by atoms with E-state index in [0.717, 1.165) is 4.47 Å². The predicted octanol–water partition coefficient (Wildman–Crippen LogP) is 5.34. The molecule has 0 aliphatic heterocycles. The van der Waals surface area contributed by atoms with E-state index in [9.17, 15) is 10.1 Å². The summed E-state index contributed by atoms with van der Waals surface area (Å²) in [5.74, 6) is 0.509. The second-order valence-corrected chi connectivity index (χ2v) is 5.56. The van der Waals surface area contributed by atoms with Crippen LogP contribution in [0.25, 0.3) is 11.1 Å². The van der Waals surface area contributed by atoms with Gasteiger partial charge in [0.15, 0.2) is 0 Å². The van der Waals surface area contributed by atoms with Crippen LogP contribution in [-0.4, -0.2) is 12.0 Å². The van der Waals surface area contributed by atoms with E-state index in [1.54, 1.807) is 24.3 Å². The summed E-state index contributed by atoms with van der Waals surface area (Å²) in [6, 6.07) is 8.30. The van der Waals surface area contributed by atoms with E-state index in [4.69, 9.17) is 27.9 Å². The van der Waals surface area contributed by atoms with Crippen LogP contribution in [0.2, 0.25) is 10.0 Å². The van der Waals surface area contributed by atoms with Gasteiger partial charge in [0.1, 0.15) is 10.8 Å². The number of rotatable bonds is 3. The largest absolute Gasteiger partial charge is 0.496 e. The predicted molar refractivity (Wildman–Crippen MR) is 82.8 cm³/mol. The highest BCUT2D eigenvalue weighted by Gasteiger charge is 2.24. The van der Waals surface area contributed by atoms with Crippen LogP contribution in [0.15, 0.2) is 34.8 Å². The third kappa shape index (κ3) is 2.75. The Balaban J connectivity index is 2.79. The fourth-order valence-corrected chi connectivity index (χ4v) is 2.57. The standard InChI is InChI=1S/C13H8BrCl2NO3/c1-20-11-5-2-7(14)6-9(11)8-3-4-10(15)12(16)13(8)17(18)19/h2-6H,1H3. The molecule has 0 atom stereocenters. The van der Waals surface area contributed by atoms with Crippen molar-refractivity contribution in [1.29, 1.82) is 0 Å². The molecule has 0 amide bonds. The van der Waals surface area contributed by atoms with Gasteiger partial charge >= 0.3 is 0 Å². The number of methoxy groups -OCH3 is 1. The van der Waals surface area contributed by atoms with Crippen molar-refractivity contribution in [2.24, 2.45) is 0 Å². The van der Waals surface area contributed by atoms with Gasteiger partial charge in [-0.2, -0.15) is 0 Å². The van der Waals surface area contributed by atoms with Crippen molar-refractivity contribution in [2.75, 3.05) is 7.11 Å². The van der Waals surface area contributed by atoms with Crippen molar-refractivity contribution < 1.29 is 9.66 Å².